The maximum atomic E-state index is 12.1. The van der Waals surface area contributed by atoms with Gasteiger partial charge in [0.05, 0.1) is 4.90 Å². The lowest BCUT2D eigenvalue weighted by Gasteiger charge is -2.03. The van der Waals surface area contributed by atoms with Gasteiger partial charge in [-0.1, -0.05) is 20.3 Å². The molecule has 0 saturated carbocycles. The number of aryl methyl sites for hydroxylation is 1. The Morgan fingerprint density at radius 3 is 2.58 bits per heavy atom. The van der Waals surface area contributed by atoms with Crippen LogP contribution >= 0.6 is 0 Å². The molecular weight excluding hydrogens is 262 g/mol. The van der Waals surface area contributed by atoms with Crippen molar-refractivity contribution in [3.63, 3.8) is 0 Å². The Morgan fingerprint density at radius 1 is 1.21 bits per heavy atom. The second-order valence-corrected chi connectivity index (χ2v) is 6.47. The molecule has 19 heavy (non-hydrogen) atoms. The van der Waals surface area contributed by atoms with E-state index < -0.39 is 10.0 Å². The summed E-state index contributed by atoms with van der Waals surface area (Å²) < 4.78 is 28.6. The van der Waals surface area contributed by atoms with E-state index in [2.05, 4.69) is 17.0 Å². The van der Waals surface area contributed by atoms with E-state index in [4.69, 9.17) is 0 Å². The fourth-order valence-corrected chi connectivity index (χ4v) is 2.93. The maximum absolute atomic E-state index is 12.1. The molecule has 0 aromatic carbocycles. The van der Waals surface area contributed by atoms with Crippen LogP contribution in [0.1, 0.15) is 38.8 Å². The first-order chi connectivity index (χ1) is 9.01. The normalized spacial score (nSPS) is 11.9. The third-order valence-corrected chi connectivity index (χ3v) is 4.38. The molecule has 0 unspecified atom stereocenters. The van der Waals surface area contributed by atoms with Gasteiger partial charge in [-0.05, 0) is 25.5 Å². The van der Waals surface area contributed by atoms with Crippen LogP contribution in [0, 0.1) is 0 Å². The summed E-state index contributed by atoms with van der Waals surface area (Å²) in [6, 6.07) is 1.73. The lowest BCUT2D eigenvalue weighted by atomic mass is 10.3. The zero-order chi connectivity index (χ0) is 14.3. The molecular formula is C13H25N3O2S. The van der Waals surface area contributed by atoms with Crippen molar-refractivity contribution in [2.45, 2.75) is 44.6 Å². The molecule has 1 aromatic rings. The SMILES string of the molecule is CCCCNS(=O)(=O)c1cc(CNCCC)n(C)c1. The van der Waals surface area contributed by atoms with Gasteiger partial charge in [0.25, 0.3) is 0 Å². The molecule has 0 aliphatic heterocycles. The summed E-state index contributed by atoms with van der Waals surface area (Å²) in [5.41, 5.74) is 0.976. The van der Waals surface area contributed by atoms with Crippen molar-refractivity contribution in [2.24, 2.45) is 7.05 Å². The molecule has 0 atom stereocenters. The number of aromatic nitrogens is 1. The zero-order valence-electron chi connectivity index (χ0n) is 12.1. The van der Waals surface area contributed by atoms with Crippen LogP contribution < -0.4 is 10.0 Å². The highest BCUT2D eigenvalue weighted by molar-refractivity contribution is 7.89. The Balaban J connectivity index is 2.70. The highest BCUT2D eigenvalue weighted by Gasteiger charge is 2.16. The predicted molar refractivity (Wildman–Crippen MR) is 77.5 cm³/mol. The fourth-order valence-electron chi connectivity index (χ4n) is 1.76. The standard InChI is InChI=1S/C13H25N3O2S/c1-4-6-8-15-19(17,18)13-9-12(16(3)11-13)10-14-7-5-2/h9,11,14-15H,4-8,10H2,1-3H3. The first-order valence-corrected chi connectivity index (χ1v) is 8.35. The molecule has 0 fully saturated rings. The van der Waals surface area contributed by atoms with Crippen LogP contribution in [0.25, 0.3) is 0 Å². The second-order valence-electron chi connectivity index (χ2n) is 4.71. The minimum absolute atomic E-state index is 0.347. The van der Waals surface area contributed by atoms with Gasteiger partial charge in [0.1, 0.15) is 0 Å². The van der Waals surface area contributed by atoms with Gasteiger partial charge in [0.2, 0.25) is 10.0 Å². The van der Waals surface area contributed by atoms with E-state index in [0.29, 0.717) is 18.0 Å². The summed E-state index contributed by atoms with van der Waals surface area (Å²) >= 11 is 0. The van der Waals surface area contributed by atoms with E-state index in [0.717, 1.165) is 31.5 Å². The van der Waals surface area contributed by atoms with Crippen molar-refractivity contribution in [3.8, 4) is 0 Å². The van der Waals surface area contributed by atoms with Gasteiger partial charge in [0, 0.05) is 32.0 Å². The van der Waals surface area contributed by atoms with Crippen LogP contribution in [0.3, 0.4) is 0 Å². The molecule has 1 rings (SSSR count). The minimum atomic E-state index is -3.36. The molecule has 0 saturated heterocycles. The van der Waals surface area contributed by atoms with Gasteiger partial charge in [0.15, 0.2) is 0 Å². The first-order valence-electron chi connectivity index (χ1n) is 6.87. The molecule has 110 valence electrons. The average Bonchev–Trinajstić information content (AvgIpc) is 2.72. The zero-order valence-corrected chi connectivity index (χ0v) is 12.9. The quantitative estimate of drug-likeness (QED) is 0.678. The van der Waals surface area contributed by atoms with Crippen LogP contribution in [-0.4, -0.2) is 26.1 Å². The Kier molecular flexibility index (Phi) is 6.54. The Labute approximate surface area is 116 Å². The molecule has 1 heterocycles. The van der Waals surface area contributed by atoms with Crippen molar-refractivity contribution in [2.75, 3.05) is 13.1 Å². The summed E-state index contributed by atoms with van der Waals surface area (Å²) in [5.74, 6) is 0. The minimum Gasteiger partial charge on any atom is -0.352 e. The number of sulfonamides is 1. The van der Waals surface area contributed by atoms with E-state index in [-0.39, 0.29) is 0 Å². The highest BCUT2D eigenvalue weighted by atomic mass is 32.2. The van der Waals surface area contributed by atoms with Gasteiger partial charge in [-0.25, -0.2) is 13.1 Å². The fraction of sp³-hybridized carbons (Fsp3) is 0.692. The monoisotopic (exact) mass is 287 g/mol. The highest BCUT2D eigenvalue weighted by Crippen LogP contribution is 2.13. The van der Waals surface area contributed by atoms with Crippen molar-refractivity contribution >= 4 is 10.0 Å². The topological polar surface area (TPSA) is 63.1 Å². The Bertz CT molecular complexity index is 480. The van der Waals surface area contributed by atoms with E-state index in [1.807, 2.05) is 18.5 Å². The average molecular weight is 287 g/mol. The number of nitrogens with zero attached hydrogens (tertiary/aromatic N) is 1. The number of hydrogen-bond acceptors (Lipinski definition) is 3. The van der Waals surface area contributed by atoms with Gasteiger partial charge in [-0.15, -0.1) is 0 Å². The van der Waals surface area contributed by atoms with Crippen molar-refractivity contribution in [1.82, 2.24) is 14.6 Å². The van der Waals surface area contributed by atoms with E-state index in [1.54, 1.807) is 12.3 Å². The third kappa shape index (κ3) is 4.97. The second kappa shape index (κ2) is 7.67. The predicted octanol–water partition coefficient (Wildman–Crippen LogP) is 1.60. The van der Waals surface area contributed by atoms with Crippen molar-refractivity contribution in [1.29, 1.82) is 0 Å². The molecule has 0 aliphatic rings. The molecule has 1 aromatic heterocycles. The summed E-state index contributed by atoms with van der Waals surface area (Å²) in [6.07, 6.45) is 4.56. The number of nitrogens with one attached hydrogen (secondary N) is 2. The summed E-state index contributed by atoms with van der Waals surface area (Å²) in [7, 11) is -1.49. The molecule has 0 amide bonds. The first kappa shape index (κ1) is 16.2. The van der Waals surface area contributed by atoms with Gasteiger partial charge in [-0.3, -0.25) is 0 Å². The van der Waals surface area contributed by atoms with Crippen LogP contribution in [-0.2, 0) is 23.6 Å². The third-order valence-electron chi connectivity index (χ3n) is 2.95. The van der Waals surface area contributed by atoms with Gasteiger partial charge >= 0.3 is 0 Å². The molecule has 5 nitrogen and oxygen atoms in total. The van der Waals surface area contributed by atoms with E-state index >= 15 is 0 Å². The molecule has 0 radical (unpaired) electrons. The van der Waals surface area contributed by atoms with Crippen LogP contribution in [0.5, 0.6) is 0 Å². The Hall–Kier alpha value is -0.850. The van der Waals surface area contributed by atoms with Crippen LogP contribution in [0.2, 0.25) is 0 Å². The van der Waals surface area contributed by atoms with Crippen molar-refractivity contribution in [3.05, 3.63) is 18.0 Å². The van der Waals surface area contributed by atoms with Gasteiger partial charge in [-0.2, -0.15) is 0 Å². The lowest BCUT2D eigenvalue weighted by Crippen LogP contribution is -2.24. The molecule has 0 aliphatic carbocycles. The number of hydrogen-bond donors (Lipinski definition) is 2. The van der Waals surface area contributed by atoms with Gasteiger partial charge < -0.3 is 9.88 Å². The lowest BCUT2D eigenvalue weighted by molar-refractivity contribution is 0.578. The maximum Gasteiger partial charge on any atom is 0.242 e. The van der Waals surface area contributed by atoms with E-state index in [9.17, 15) is 8.42 Å². The smallest absolute Gasteiger partial charge is 0.242 e. The van der Waals surface area contributed by atoms with Crippen LogP contribution in [0.4, 0.5) is 0 Å². The summed E-state index contributed by atoms with van der Waals surface area (Å²) in [6.45, 7) is 6.26. The summed E-state index contributed by atoms with van der Waals surface area (Å²) in [4.78, 5) is 0.347. The number of unbranched alkanes of at least 4 members (excludes halogenated alkanes) is 1. The van der Waals surface area contributed by atoms with Crippen LogP contribution in [0.15, 0.2) is 17.2 Å². The molecule has 0 bridgehead atoms. The largest absolute Gasteiger partial charge is 0.352 e. The van der Waals surface area contributed by atoms with Crippen molar-refractivity contribution < 1.29 is 8.42 Å². The Morgan fingerprint density at radius 2 is 1.95 bits per heavy atom. The molecule has 2 N–H and O–H groups in total. The molecule has 0 spiro atoms. The molecule has 6 heteroatoms. The number of rotatable bonds is 9. The summed E-state index contributed by atoms with van der Waals surface area (Å²) in [5, 5.41) is 3.27. The van der Waals surface area contributed by atoms with E-state index in [1.165, 1.54) is 0 Å².